The normalized spacial score (nSPS) is 10.7. The van der Waals surface area contributed by atoms with Gasteiger partial charge in [0.25, 0.3) is 0 Å². The highest BCUT2D eigenvalue weighted by atomic mass is 79.9. The summed E-state index contributed by atoms with van der Waals surface area (Å²) in [6.45, 7) is 4.63. The second-order valence-electron chi connectivity index (χ2n) is 5.25. The predicted octanol–water partition coefficient (Wildman–Crippen LogP) is 6.27. The van der Waals surface area contributed by atoms with Crippen molar-refractivity contribution in [2.75, 3.05) is 12.4 Å². The molecule has 2 aromatic carbocycles. The number of hydrogen-bond donors (Lipinski definition) is 1. The highest BCUT2D eigenvalue weighted by molar-refractivity contribution is 9.11. The van der Waals surface area contributed by atoms with E-state index in [1.54, 1.807) is 7.11 Å². The lowest BCUT2D eigenvalue weighted by atomic mass is 10.2. The van der Waals surface area contributed by atoms with Gasteiger partial charge >= 0.3 is 0 Å². The molecule has 0 radical (unpaired) electrons. The first-order valence-corrected chi connectivity index (χ1v) is 9.09. The van der Waals surface area contributed by atoms with Gasteiger partial charge in [-0.15, -0.1) is 0 Å². The number of benzene rings is 2. The average molecular weight is 464 g/mol. The Morgan fingerprint density at radius 3 is 2.52 bits per heavy atom. The summed E-state index contributed by atoms with van der Waals surface area (Å²) in [6, 6.07) is 9.64. The van der Waals surface area contributed by atoms with Crippen LogP contribution in [0.15, 0.2) is 39.3 Å². The van der Waals surface area contributed by atoms with Gasteiger partial charge in [0.05, 0.1) is 22.7 Å². The molecule has 0 amide bonds. The maximum absolute atomic E-state index is 6.16. The zero-order valence-electron chi connectivity index (χ0n) is 13.1. The van der Waals surface area contributed by atoms with E-state index in [4.69, 9.17) is 21.1 Å². The molecule has 0 bridgehead atoms. The maximum atomic E-state index is 6.16. The first-order valence-electron chi connectivity index (χ1n) is 7.12. The van der Waals surface area contributed by atoms with Gasteiger partial charge in [0.2, 0.25) is 0 Å². The van der Waals surface area contributed by atoms with Crippen LogP contribution in [0.25, 0.3) is 0 Å². The summed E-state index contributed by atoms with van der Waals surface area (Å²) < 4.78 is 13.0. The number of anilines is 1. The van der Waals surface area contributed by atoms with E-state index in [1.807, 2.05) is 44.2 Å². The summed E-state index contributed by atoms with van der Waals surface area (Å²) in [6.07, 6.45) is 0.0988. The number of hydrogen-bond acceptors (Lipinski definition) is 3. The van der Waals surface area contributed by atoms with E-state index in [9.17, 15) is 0 Å². The molecule has 6 heteroatoms. The molecule has 0 saturated heterocycles. The molecule has 0 unspecified atom stereocenters. The van der Waals surface area contributed by atoms with E-state index >= 15 is 0 Å². The third-order valence-corrected chi connectivity index (χ3v) is 4.42. The van der Waals surface area contributed by atoms with Crippen LogP contribution in [0.4, 0.5) is 5.69 Å². The molecular weight excluding hydrogens is 445 g/mol. The molecule has 0 fully saturated rings. The fourth-order valence-electron chi connectivity index (χ4n) is 2.09. The molecule has 0 aliphatic rings. The van der Waals surface area contributed by atoms with E-state index in [0.717, 1.165) is 25.9 Å². The molecule has 0 saturated carbocycles. The molecule has 124 valence electrons. The maximum Gasteiger partial charge on any atom is 0.138 e. The van der Waals surface area contributed by atoms with Crippen molar-refractivity contribution in [3.05, 3.63) is 49.9 Å². The van der Waals surface area contributed by atoms with Crippen molar-refractivity contribution < 1.29 is 9.47 Å². The van der Waals surface area contributed by atoms with Gasteiger partial charge in [0, 0.05) is 22.3 Å². The number of ether oxygens (including phenoxy) is 2. The Bertz CT molecular complexity index is 693. The molecule has 0 aromatic heterocycles. The lowest BCUT2D eigenvalue weighted by molar-refractivity contribution is 0.238. The van der Waals surface area contributed by atoms with Gasteiger partial charge < -0.3 is 14.8 Å². The smallest absolute Gasteiger partial charge is 0.138 e. The standard InChI is InChI=1S/C17H18Br2ClNO2/c1-10(2)23-17-11(6-12(18)7-14(17)19)9-21-13-4-5-16(22-3)15(20)8-13/h4-8,10,21H,9H2,1-3H3. The number of rotatable bonds is 6. The van der Waals surface area contributed by atoms with Gasteiger partial charge in [-0.3, -0.25) is 0 Å². The van der Waals surface area contributed by atoms with Gasteiger partial charge in [-0.05, 0) is 60.1 Å². The Morgan fingerprint density at radius 2 is 1.91 bits per heavy atom. The van der Waals surface area contributed by atoms with Gasteiger partial charge in [-0.2, -0.15) is 0 Å². The zero-order chi connectivity index (χ0) is 17.0. The van der Waals surface area contributed by atoms with Gasteiger partial charge in [-0.25, -0.2) is 0 Å². The van der Waals surface area contributed by atoms with Crippen molar-refractivity contribution in [2.24, 2.45) is 0 Å². The first-order chi connectivity index (χ1) is 10.9. The zero-order valence-corrected chi connectivity index (χ0v) is 17.0. The van der Waals surface area contributed by atoms with Gasteiger partial charge in [0.1, 0.15) is 11.5 Å². The van der Waals surface area contributed by atoms with E-state index in [2.05, 4.69) is 37.2 Å². The van der Waals surface area contributed by atoms with Gasteiger partial charge in [0.15, 0.2) is 0 Å². The lowest BCUT2D eigenvalue weighted by Gasteiger charge is -2.17. The number of methoxy groups -OCH3 is 1. The molecule has 1 N–H and O–H groups in total. The fourth-order valence-corrected chi connectivity index (χ4v) is 3.75. The quantitative estimate of drug-likeness (QED) is 0.547. The molecule has 0 heterocycles. The van der Waals surface area contributed by atoms with Crippen LogP contribution in [0, 0.1) is 0 Å². The highest BCUT2D eigenvalue weighted by Gasteiger charge is 2.12. The molecule has 0 atom stereocenters. The molecule has 3 nitrogen and oxygen atoms in total. The second kappa shape index (κ2) is 8.27. The predicted molar refractivity (Wildman–Crippen MR) is 103 cm³/mol. The molecule has 2 aromatic rings. The van der Waals surface area contributed by atoms with Crippen LogP contribution in [0.2, 0.25) is 5.02 Å². The largest absolute Gasteiger partial charge is 0.495 e. The minimum atomic E-state index is 0.0988. The highest BCUT2D eigenvalue weighted by Crippen LogP contribution is 2.34. The van der Waals surface area contributed by atoms with Crippen LogP contribution in [0.3, 0.4) is 0 Å². The van der Waals surface area contributed by atoms with Crippen molar-refractivity contribution in [2.45, 2.75) is 26.5 Å². The molecule has 23 heavy (non-hydrogen) atoms. The van der Waals surface area contributed by atoms with E-state index in [0.29, 0.717) is 17.3 Å². The van der Waals surface area contributed by atoms with Crippen molar-refractivity contribution in [3.63, 3.8) is 0 Å². The minimum Gasteiger partial charge on any atom is -0.495 e. The average Bonchev–Trinajstić information content (AvgIpc) is 2.48. The van der Waals surface area contributed by atoms with Crippen molar-refractivity contribution in [1.82, 2.24) is 0 Å². The topological polar surface area (TPSA) is 30.5 Å². The summed E-state index contributed by atoms with van der Waals surface area (Å²) in [5, 5.41) is 3.94. The second-order valence-corrected chi connectivity index (χ2v) is 7.42. The molecule has 2 rings (SSSR count). The Labute approximate surface area is 158 Å². The molecular formula is C17H18Br2ClNO2. The minimum absolute atomic E-state index is 0.0988. The van der Waals surface area contributed by atoms with Crippen LogP contribution < -0.4 is 14.8 Å². The monoisotopic (exact) mass is 461 g/mol. The van der Waals surface area contributed by atoms with Crippen LogP contribution in [-0.4, -0.2) is 13.2 Å². The van der Waals surface area contributed by atoms with E-state index in [1.165, 1.54) is 0 Å². The first kappa shape index (κ1) is 18.4. The SMILES string of the molecule is COc1ccc(NCc2cc(Br)cc(Br)c2OC(C)C)cc1Cl. The number of nitrogens with one attached hydrogen (secondary N) is 1. The van der Waals surface area contributed by atoms with E-state index < -0.39 is 0 Å². The summed E-state index contributed by atoms with van der Waals surface area (Å²) >= 11 is 13.2. The molecule has 0 aliphatic heterocycles. The fraction of sp³-hybridized carbons (Fsp3) is 0.294. The Kier molecular flexibility index (Phi) is 6.62. The van der Waals surface area contributed by atoms with Crippen LogP contribution in [-0.2, 0) is 6.54 Å². The van der Waals surface area contributed by atoms with E-state index in [-0.39, 0.29) is 6.10 Å². The Balaban J connectivity index is 2.21. The Morgan fingerprint density at radius 1 is 1.17 bits per heavy atom. The third kappa shape index (κ3) is 5.03. The Hall–Kier alpha value is -0.910. The van der Waals surface area contributed by atoms with Crippen molar-refractivity contribution in [1.29, 1.82) is 0 Å². The van der Waals surface area contributed by atoms with Crippen LogP contribution in [0.1, 0.15) is 19.4 Å². The third-order valence-electron chi connectivity index (χ3n) is 3.07. The summed E-state index contributed by atoms with van der Waals surface area (Å²) in [5.74, 6) is 1.50. The van der Waals surface area contributed by atoms with Crippen molar-refractivity contribution >= 4 is 49.1 Å². The number of halogens is 3. The summed E-state index contributed by atoms with van der Waals surface area (Å²) in [4.78, 5) is 0. The molecule has 0 spiro atoms. The lowest BCUT2D eigenvalue weighted by Crippen LogP contribution is -2.10. The van der Waals surface area contributed by atoms with Crippen molar-refractivity contribution in [3.8, 4) is 11.5 Å². The summed E-state index contributed by atoms with van der Waals surface area (Å²) in [7, 11) is 1.60. The summed E-state index contributed by atoms with van der Waals surface area (Å²) in [5.41, 5.74) is 1.97. The van der Waals surface area contributed by atoms with Gasteiger partial charge in [-0.1, -0.05) is 27.5 Å². The molecule has 0 aliphatic carbocycles. The van der Waals surface area contributed by atoms with Crippen LogP contribution in [0.5, 0.6) is 11.5 Å². The van der Waals surface area contributed by atoms with Crippen LogP contribution >= 0.6 is 43.5 Å².